The van der Waals surface area contributed by atoms with Crippen LogP contribution in [0.1, 0.15) is 5.56 Å². The second-order valence-electron chi connectivity index (χ2n) is 3.84. The molecule has 17 heavy (non-hydrogen) atoms. The van der Waals surface area contributed by atoms with Crippen molar-refractivity contribution in [3.05, 3.63) is 17.2 Å². The predicted molar refractivity (Wildman–Crippen MR) is 67.7 cm³/mol. The van der Waals surface area contributed by atoms with Crippen LogP contribution in [0.4, 0.5) is 5.82 Å². The fourth-order valence-electron chi connectivity index (χ4n) is 1.96. The smallest absolute Gasteiger partial charge is 0.220 e. The third kappa shape index (κ3) is 1.61. The topological polar surface area (TPSA) is 58.5 Å². The molecular weight excluding hydrogens is 235 g/mol. The van der Waals surface area contributed by atoms with Crippen molar-refractivity contribution in [2.75, 3.05) is 24.2 Å². The average Bonchev–Trinajstić information content (AvgIpc) is 2.78. The summed E-state index contributed by atoms with van der Waals surface area (Å²) >= 11 is 0. The second kappa shape index (κ2) is 3.77. The highest BCUT2D eigenvalue weighted by Gasteiger charge is 2.27. The molecule has 2 radical (unpaired) electrons. The molecule has 0 N–H and O–H groups in total. The fourth-order valence-corrected chi connectivity index (χ4v) is 2.37. The van der Waals surface area contributed by atoms with Crippen molar-refractivity contribution in [3.63, 3.8) is 0 Å². The van der Waals surface area contributed by atoms with Gasteiger partial charge < -0.3 is 4.90 Å². The lowest BCUT2D eigenvalue weighted by Crippen LogP contribution is -2.33. The monoisotopic (exact) mass is 244 g/mol. The molecule has 0 amide bonds. The first kappa shape index (κ1) is 10.6. The highest BCUT2D eigenvalue weighted by atomic mass is 32.2. The van der Waals surface area contributed by atoms with E-state index in [1.807, 2.05) is 4.90 Å². The number of rotatable bonds is 1. The molecular formula is C10H9BN4OS. The quantitative estimate of drug-likeness (QED) is 0.513. The van der Waals surface area contributed by atoms with Gasteiger partial charge in [-0.25, -0.2) is 9.97 Å². The molecule has 1 aromatic rings. The normalized spacial score (nSPS) is 19.2. The van der Waals surface area contributed by atoms with Gasteiger partial charge in [0.25, 0.3) is 0 Å². The van der Waals surface area contributed by atoms with Crippen LogP contribution in [-0.4, -0.2) is 47.2 Å². The molecule has 0 saturated carbocycles. The Hall–Kier alpha value is -1.50. The molecule has 2 aliphatic heterocycles. The zero-order valence-corrected chi connectivity index (χ0v) is 10.1. The third-order valence-corrected chi connectivity index (χ3v) is 3.41. The lowest BCUT2D eigenvalue weighted by molar-refractivity contribution is 0.679. The van der Waals surface area contributed by atoms with E-state index in [1.54, 1.807) is 18.5 Å². The van der Waals surface area contributed by atoms with Gasteiger partial charge in [-0.05, 0) is 0 Å². The van der Waals surface area contributed by atoms with Crippen LogP contribution in [0.2, 0.25) is 0 Å². The molecule has 0 bridgehead atoms. The van der Waals surface area contributed by atoms with Crippen LogP contribution < -0.4 is 4.90 Å². The Kier molecular flexibility index (Phi) is 2.36. The minimum absolute atomic E-state index is 0.337. The Balaban J connectivity index is 2.18. The van der Waals surface area contributed by atoms with Gasteiger partial charge in [0.2, 0.25) is 5.16 Å². The summed E-state index contributed by atoms with van der Waals surface area (Å²) in [5, 5.41) is 0.337. The minimum atomic E-state index is -1.18. The van der Waals surface area contributed by atoms with Crippen molar-refractivity contribution in [1.29, 1.82) is 0 Å². The molecule has 3 heterocycles. The van der Waals surface area contributed by atoms with Crippen molar-refractivity contribution in [3.8, 4) is 0 Å². The van der Waals surface area contributed by atoms with E-state index >= 15 is 0 Å². The molecule has 1 atom stereocenters. The largest absolute Gasteiger partial charge is 0.309 e. The van der Waals surface area contributed by atoms with Crippen LogP contribution in [0, 0.1) is 0 Å². The van der Waals surface area contributed by atoms with Gasteiger partial charge in [0.1, 0.15) is 19.5 Å². The number of fused-ring (bicyclic) bond motifs is 3. The van der Waals surface area contributed by atoms with E-state index in [2.05, 4.69) is 15.0 Å². The number of aromatic nitrogens is 2. The van der Waals surface area contributed by atoms with Crippen molar-refractivity contribution in [2.45, 2.75) is 5.16 Å². The van der Waals surface area contributed by atoms with Crippen LogP contribution in [-0.2, 0) is 10.8 Å². The van der Waals surface area contributed by atoms with Crippen molar-refractivity contribution < 1.29 is 4.21 Å². The summed E-state index contributed by atoms with van der Waals surface area (Å²) in [5.74, 6) is 1.50. The van der Waals surface area contributed by atoms with E-state index in [0.717, 1.165) is 23.8 Å². The summed E-state index contributed by atoms with van der Waals surface area (Å²) in [6.45, 7) is 1.46. The van der Waals surface area contributed by atoms with Crippen LogP contribution in [0.15, 0.2) is 21.8 Å². The first-order chi connectivity index (χ1) is 8.16. The zero-order chi connectivity index (χ0) is 12.0. The van der Waals surface area contributed by atoms with Gasteiger partial charge in [-0.1, -0.05) is 11.5 Å². The van der Waals surface area contributed by atoms with E-state index in [-0.39, 0.29) is 0 Å². The molecule has 3 rings (SSSR count). The summed E-state index contributed by atoms with van der Waals surface area (Å²) in [5.41, 5.74) is 1.47. The van der Waals surface area contributed by atoms with Gasteiger partial charge in [-0.3, -0.25) is 9.20 Å². The molecule has 7 heteroatoms. The van der Waals surface area contributed by atoms with Crippen LogP contribution >= 0.6 is 0 Å². The molecule has 0 saturated heterocycles. The Labute approximate surface area is 103 Å². The van der Waals surface area contributed by atoms with Gasteiger partial charge >= 0.3 is 0 Å². The first-order valence-electron chi connectivity index (χ1n) is 5.17. The second-order valence-corrected chi connectivity index (χ2v) is 5.12. The molecule has 0 fully saturated rings. The molecule has 0 aliphatic carbocycles. The number of amidine groups is 1. The number of hydrogen-bond acceptors (Lipinski definition) is 5. The van der Waals surface area contributed by atoms with Crippen LogP contribution in [0.3, 0.4) is 0 Å². The summed E-state index contributed by atoms with van der Waals surface area (Å²) < 4.78 is 11.4. The van der Waals surface area contributed by atoms with Gasteiger partial charge in [0.15, 0.2) is 0 Å². The molecule has 5 nitrogen and oxygen atoms in total. The molecule has 0 spiro atoms. The van der Waals surface area contributed by atoms with Crippen molar-refractivity contribution >= 4 is 36.4 Å². The first-order valence-corrected chi connectivity index (χ1v) is 6.72. The van der Waals surface area contributed by atoms with Crippen molar-refractivity contribution in [2.24, 2.45) is 4.99 Å². The number of anilines is 1. The maximum absolute atomic E-state index is 11.4. The molecule has 84 valence electrons. The molecule has 1 unspecified atom stereocenters. The summed E-state index contributed by atoms with van der Waals surface area (Å²) in [7, 11) is 4.72. The Bertz CT molecular complexity index is 584. The zero-order valence-electron chi connectivity index (χ0n) is 9.25. The lowest BCUT2D eigenvalue weighted by atomic mass is 9.90. The fraction of sp³-hybridized carbons (Fsp3) is 0.300. The van der Waals surface area contributed by atoms with Gasteiger partial charge in [0, 0.05) is 24.6 Å². The average molecular weight is 244 g/mol. The van der Waals surface area contributed by atoms with Gasteiger partial charge in [-0.2, -0.15) is 0 Å². The number of aliphatic imine (C=N–C) groups is 1. The predicted octanol–water partition coefficient (Wildman–Crippen LogP) is -0.0445. The summed E-state index contributed by atoms with van der Waals surface area (Å²) in [4.78, 5) is 14.7. The third-order valence-electron chi connectivity index (χ3n) is 2.70. The van der Waals surface area contributed by atoms with Crippen LogP contribution in [0.25, 0.3) is 6.08 Å². The molecule has 1 aromatic heterocycles. The number of nitrogens with zero attached hydrogens (tertiary/aromatic N) is 4. The summed E-state index contributed by atoms with van der Waals surface area (Å²) in [6, 6.07) is 0. The highest BCUT2D eigenvalue weighted by Crippen LogP contribution is 2.29. The molecule has 0 aromatic carbocycles. The van der Waals surface area contributed by atoms with Crippen molar-refractivity contribution in [1.82, 2.24) is 9.97 Å². The minimum Gasteiger partial charge on any atom is -0.309 e. The molecule has 2 aliphatic rings. The van der Waals surface area contributed by atoms with E-state index in [1.165, 1.54) is 0 Å². The SMILES string of the molecule is [B]C1=Cc2cnc(S(C)=O)nc2N2CCN=C12. The lowest BCUT2D eigenvalue weighted by Gasteiger charge is -2.26. The Morgan fingerprint density at radius 1 is 1.53 bits per heavy atom. The highest BCUT2D eigenvalue weighted by molar-refractivity contribution is 7.84. The number of hydrogen-bond donors (Lipinski definition) is 0. The summed E-state index contributed by atoms with van der Waals surface area (Å²) in [6.07, 6.45) is 5.02. The Morgan fingerprint density at radius 3 is 3.12 bits per heavy atom. The van der Waals surface area contributed by atoms with Gasteiger partial charge in [0.05, 0.1) is 17.3 Å². The maximum Gasteiger partial charge on any atom is 0.220 e. The maximum atomic E-state index is 11.4. The van der Waals surface area contributed by atoms with E-state index in [9.17, 15) is 4.21 Å². The standard InChI is InChI=1S/C10H9BN4OS/c1-17(16)10-13-5-6-4-7(11)9-12-2-3-15(9)8(6)14-10/h4-5H,2-3H2,1H3. The van der Waals surface area contributed by atoms with Gasteiger partial charge in [-0.15, -0.1) is 0 Å². The van der Waals surface area contributed by atoms with E-state index in [4.69, 9.17) is 7.85 Å². The van der Waals surface area contributed by atoms with Crippen LogP contribution in [0.5, 0.6) is 0 Å². The Morgan fingerprint density at radius 2 is 2.35 bits per heavy atom. The van der Waals surface area contributed by atoms with E-state index < -0.39 is 10.8 Å². The van der Waals surface area contributed by atoms with E-state index in [0.29, 0.717) is 17.2 Å².